The summed E-state index contributed by atoms with van der Waals surface area (Å²) in [5.74, 6) is 2.75. The minimum Gasteiger partial charge on any atom is -0.369 e. The zero-order valence-electron chi connectivity index (χ0n) is 15.7. The fraction of sp³-hybridized carbons (Fsp3) is 0.714. The van der Waals surface area contributed by atoms with Gasteiger partial charge in [-0.1, -0.05) is 18.2 Å². The van der Waals surface area contributed by atoms with Gasteiger partial charge in [-0.3, -0.25) is 9.80 Å². The number of benzene rings is 1. The van der Waals surface area contributed by atoms with Gasteiger partial charge in [0.1, 0.15) is 0 Å². The Bertz CT molecular complexity index is 550. The Labute approximate surface area is 157 Å². The van der Waals surface area contributed by atoms with Gasteiger partial charge in [-0.05, 0) is 62.3 Å². The standard InChI is InChI=1S/C21H33N3S/c1-18-5-2-3-7-21(18)23-13-11-22(12-14-23)20-6-4-10-24(17-20)19-8-15-25-16-9-19/h2-3,5,7,19-20H,4,6,8-17H2,1H3. The average molecular weight is 360 g/mol. The number of nitrogens with zero attached hydrogens (tertiary/aromatic N) is 3. The molecule has 0 N–H and O–H groups in total. The van der Waals surface area contributed by atoms with Gasteiger partial charge < -0.3 is 4.90 Å². The second kappa shape index (κ2) is 8.32. The summed E-state index contributed by atoms with van der Waals surface area (Å²) < 4.78 is 0. The molecule has 138 valence electrons. The molecule has 4 rings (SSSR count). The highest BCUT2D eigenvalue weighted by atomic mass is 32.2. The van der Waals surface area contributed by atoms with Crippen LogP contribution in [0.4, 0.5) is 5.69 Å². The van der Waals surface area contributed by atoms with Gasteiger partial charge in [-0.2, -0.15) is 11.8 Å². The van der Waals surface area contributed by atoms with Crippen molar-refractivity contribution in [2.75, 3.05) is 55.7 Å². The quantitative estimate of drug-likeness (QED) is 0.817. The smallest absolute Gasteiger partial charge is 0.0396 e. The van der Waals surface area contributed by atoms with Crippen LogP contribution in [0.25, 0.3) is 0 Å². The molecular weight excluding hydrogens is 326 g/mol. The maximum atomic E-state index is 2.83. The molecule has 4 heteroatoms. The number of rotatable bonds is 3. The van der Waals surface area contributed by atoms with Gasteiger partial charge in [0, 0.05) is 50.5 Å². The lowest BCUT2D eigenvalue weighted by Gasteiger charge is -2.46. The number of para-hydroxylation sites is 1. The van der Waals surface area contributed by atoms with Gasteiger partial charge >= 0.3 is 0 Å². The summed E-state index contributed by atoms with van der Waals surface area (Å²) in [4.78, 5) is 8.21. The van der Waals surface area contributed by atoms with Crippen LogP contribution in [-0.4, -0.2) is 72.7 Å². The van der Waals surface area contributed by atoms with Crippen LogP contribution in [0.5, 0.6) is 0 Å². The molecule has 1 atom stereocenters. The molecule has 0 bridgehead atoms. The number of hydrogen-bond acceptors (Lipinski definition) is 4. The summed E-state index contributed by atoms with van der Waals surface area (Å²) in [6.07, 6.45) is 5.63. The fourth-order valence-corrected chi connectivity index (χ4v) is 5.99. The molecule has 0 radical (unpaired) electrons. The van der Waals surface area contributed by atoms with Crippen LogP contribution in [0.1, 0.15) is 31.2 Å². The van der Waals surface area contributed by atoms with Gasteiger partial charge in [0.2, 0.25) is 0 Å². The van der Waals surface area contributed by atoms with Crippen molar-refractivity contribution < 1.29 is 0 Å². The number of anilines is 1. The highest BCUT2D eigenvalue weighted by Crippen LogP contribution is 2.27. The van der Waals surface area contributed by atoms with E-state index in [1.54, 1.807) is 0 Å². The Balaban J connectivity index is 1.32. The van der Waals surface area contributed by atoms with Crippen LogP contribution < -0.4 is 4.90 Å². The van der Waals surface area contributed by atoms with E-state index in [0.717, 1.165) is 12.1 Å². The summed E-state index contributed by atoms with van der Waals surface area (Å²) >= 11 is 2.15. The Morgan fingerprint density at radius 3 is 2.36 bits per heavy atom. The Hall–Kier alpha value is -0.710. The average Bonchev–Trinajstić information content (AvgIpc) is 2.69. The first-order valence-electron chi connectivity index (χ1n) is 10.2. The summed E-state index contributed by atoms with van der Waals surface area (Å²) in [6.45, 7) is 9.72. The minimum atomic E-state index is 0.794. The number of likely N-dealkylation sites (tertiary alicyclic amines) is 1. The molecule has 0 spiro atoms. The van der Waals surface area contributed by atoms with Crippen molar-refractivity contribution in [2.24, 2.45) is 0 Å². The Morgan fingerprint density at radius 1 is 0.840 bits per heavy atom. The zero-order chi connectivity index (χ0) is 17.1. The molecule has 1 aromatic rings. The number of piperidine rings is 1. The van der Waals surface area contributed by atoms with Crippen LogP contribution in [0.3, 0.4) is 0 Å². The fourth-order valence-electron chi connectivity index (χ4n) is 4.91. The predicted molar refractivity (Wildman–Crippen MR) is 110 cm³/mol. The molecule has 1 unspecified atom stereocenters. The molecule has 3 aliphatic heterocycles. The maximum absolute atomic E-state index is 2.83. The van der Waals surface area contributed by atoms with Crippen LogP contribution in [0.15, 0.2) is 24.3 Å². The maximum Gasteiger partial charge on any atom is 0.0396 e. The summed E-state index contributed by atoms with van der Waals surface area (Å²) in [6, 6.07) is 10.5. The zero-order valence-corrected chi connectivity index (χ0v) is 16.5. The van der Waals surface area contributed by atoms with Crippen molar-refractivity contribution in [3.05, 3.63) is 29.8 Å². The second-order valence-electron chi connectivity index (χ2n) is 7.94. The molecule has 3 saturated heterocycles. The van der Waals surface area contributed by atoms with Crippen LogP contribution >= 0.6 is 11.8 Å². The SMILES string of the molecule is Cc1ccccc1N1CCN(C2CCCN(C3CCSCC3)C2)CC1. The molecule has 3 fully saturated rings. The molecule has 0 amide bonds. The van der Waals surface area contributed by atoms with Crippen molar-refractivity contribution in [2.45, 2.75) is 44.7 Å². The summed E-state index contributed by atoms with van der Waals surface area (Å²) in [7, 11) is 0. The Morgan fingerprint density at radius 2 is 1.60 bits per heavy atom. The molecular formula is C21H33N3S. The topological polar surface area (TPSA) is 9.72 Å². The van der Waals surface area contributed by atoms with E-state index in [0.29, 0.717) is 0 Å². The first-order valence-corrected chi connectivity index (χ1v) is 11.3. The van der Waals surface area contributed by atoms with Gasteiger partial charge in [-0.15, -0.1) is 0 Å². The number of piperazine rings is 1. The number of hydrogen-bond donors (Lipinski definition) is 0. The van der Waals surface area contributed by atoms with E-state index in [-0.39, 0.29) is 0 Å². The van der Waals surface area contributed by atoms with Crippen LogP contribution in [-0.2, 0) is 0 Å². The second-order valence-corrected chi connectivity index (χ2v) is 9.17. The van der Waals surface area contributed by atoms with Crippen LogP contribution in [0, 0.1) is 6.92 Å². The van der Waals surface area contributed by atoms with E-state index in [9.17, 15) is 0 Å². The van der Waals surface area contributed by atoms with Gasteiger partial charge in [0.05, 0.1) is 0 Å². The van der Waals surface area contributed by atoms with Crippen molar-refractivity contribution in [3.63, 3.8) is 0 Å². The Kier molecular flexibility index (Phi) is 5.89. The lowest BCUT2D eigenvalue weighted by atomic mass is 9.99. The first-order chi connectivity index (χ1) is 12.3. The molecule has 3 heterocycles. The highest BCUT2D eigenvalue weighted by molar-refractivity contribution is 7.99. The third kappa shape index (κ3) is 4.17. The highest BCUT2D eigenvalue weighted by Gasteiger charge is 2.31. The van der Waals surface area contributed by atoms with E-state index >= 15 is 0 Å². The predicted octanol–water partition coefficient (Wildman–Crippen LogP) is 3.48. The largest absolute Gasteiger partial charge is 0.369 e. The van der Waals surface area contributed by atoms with E-state index < -0.39 is 0 Å². The van der Waals surface area contributed by atoms with Gasteiger partial charge in [-0.25, -0.2) is 0 Å². The normalized spacial score (nSPS) is 27.6. The third-order valence-corrected chi connectivity index (χ3v) is 7.47. The molecule has 0 saturated carbocycles. The van der Waals surface area contributed by atoms with E-state index in [4.69, 9.17) is 0 Å². The van der Waals surface area contributed by atoms with E-state index in [1.165, 1.54) is 87.7 Å². The van der Waals surface area contributed by atoms with Crippen LogP contribution in [0.2, 0.25) is 0 Å². The molecule has 3 nitrogen and oxygen atoms in total. The first kappa shape index (κ1) is 17.7. The summed E-state index contributed by atoms with van der Waals surface area (Å²) in [5, 5.41) is 0. The third-order valence-electron chi connectivity index (χ3n) is 6.42. The molecule has 0 aromatic heterocycles. The number of thioether (sulfide) groups is 1. The molecule has 1 aromatic carbocycles. The lowest BCUT2D eigenvalue weighted by Crippen LogP contribution is -2.56. The monoisotopic (exact) mass is 359 g/mol. The van der Waals surface area contributed by atoms with Crippen molar-refractivity contribution in [1.82, 2.24) is 9.80 Å². The lowest BCUT2D eigenvalue weighted by molar-refractivity contribution is 0.0645. The molecule has 3 aliphatic rings. The molecule has 0 aliphatic carbocycles. The van der Waals surface area contributed by atoms with E-state index in [2.05, 4.69) is 57.7 Å². The van der Waals surface area contributed by atoms with Crippen molar-refractivity contribution >= 4 is 17.4 Å². The summed E-state index contributed by atoms with van der Waals surface area (Å²) in [5.41, 5.74) is 2.85. The number of aryl methyl sites for hydroxylation is 1. The molecule has 25 heavy (non-hydrogen) atoms. The minimum absolute atomic E-state index is 0.794. The van der Waals surface area contributed by atoms with Gasteiger partial charge in [0.25, 0.3) is 0 Å². The van der Waals surface area contributed by atoms with Gasteiger partial charge in [0.15, 0.2) is 0 Å². The van der Waals surface area contributed by atoms with E-state index in [1.807, 2.05) is 0 Å². The van der Waals surface area contributed by atoms with Crippen molar-refractivity contribution in [3.8, 4) is 0 Å². The van der Waals surface area contributed by atoms with Crippen molar-refractivity contribution in [1.29, 1.82) is 0 Å².